The zero-order valence-corrected chi connectivity index (χ0v) is 56.2. The molecule has 0 aliphatic heterocycles. The molecule has 0 N–H and O–H groups in total. The predicted octanol–water partition coefficient (Wildman–Crippen LogP) is 25.9. The van der Waals surface area contributed by atoms with E-state index in [-0.39, 0.29) is 31.1 Å². The number of allylic oxidation sites excluding steroid dienone is 6. The average molecular weight is 1170 g/mol. The second-order valence-corrected chi connectivity index (χ2v) is 25.6. The van der Waals surface area contributed by atoms with E-state index in [1.807, 2.05) is 0 Å². The molecule has 0 aromatic rings. The highest BCUT2D eigenvalue weighted by atomic mass is 16.6. The number of hydrogen-bond acceptors (Lipinski definition) is 6. The molecule has 0 bridgehead atoms. The first-order chi connectivity index (χ1) is 41.0. The first-order valence-electron chi connectivity index (χ1n) is 37.5. The Morgan fingerprint density at radius 2 is 0.434 bits per heavy atom. The first kappa shape index (κ1) is 80.6. The fourth-order valence-corrected chi connectivity index (χ4v) is 11.5. The van der Waals surface area contributed by atoms with E-state index in [1.165, 1.54) is 315 Å². The van der Waals surface area contributed by atoms with Gasteiger partial charge < -0.3 is 14.2 Å². The fraction of sp³-hybridized carbons (Fsp3) is 0.883. The molecule has 0 rings (SSSR count). The third-order valence-corrected chi connectivity index (χ3v) is 17.1. The highest BCUT2D eigenvalue weighted by Crippen LogP contribution is 2.19. The van der Waals surface area contributed by atoms with E-state index in [9.17, 15) is 14.4 Å². The third-order valence-electron chi connectivity index (χ3n) is 17.1. The van der Waals surface area contributed by atoms with Crippen LogP contribution in [0.3, 0.4) is 0 Å². The summed E-state index contributed by atoms with van der Waals surface area (Å²) in [5.74, 6) is -0.840. The Bertz CT molecular complexity index is 1380. The zero-order valence-electron chi connectivity index (χ0n) is 56.2. The maximum Gasteiger partial charge on any atom is 0.306 e. The van der Waals surface area contributed by atoms with Crippen molar-refractivity contribution in [1.29, 1.82) is 0 Å². The van der Waals surface area contributed by atoms with Crippen molar-refractivity contribution in [1.82, 2.24) is 0 Å². The van der Waals surface area contributed by atoms with Gasteiger partial charge in [0.1, 0.15) is 13.2 Å². The number of esters is 3. The smallest absolute Gasteiger partial charge is 0.306 e. The zero-order chi connectivity index (χ0) is 59.9. The topological polar surface area (TPSA) is 78.9 Å². The SMILES string of the molecule is CCCCCCC/C=C\C/C=C\CCCCCCCCCCCCCCCCCCCCCCCCCC(=O)OCC(COC(=O)CCCCCCCCCCCCCCC)OC(=O)CCCCCCCCC/C=C\CCCCCCCC. The summed E-state index contributed by atoms with van der Waals surface area (Å²) < 4.78 is 17.0. The maximum absolute atomic E-state index is 12.9. The number of rotatable bonds is 70. The van der Waals surface area contributed by atoms with Crippen molar-refractivity contribution in [3.05, 3.63) is 36.5 Å². The van der Waals surface area contributed by atoms with Crippen molar-refractivity contribution in [2.45, 2.75) is 425 Å². The van der Waals surface area contributed by atoms with Crippen molar-refractivity contribution >= 4 is 17.9 Å². The van der Waals surface area contributed by atoms with Crippen LogP contribution < -0.4 is 0 Å². The fourth-order valence-electron chi connectivity index (χ4n) is 11.5. The Morgan fingerprint density at radius 3 is 0.675 bits per heavy atom. The van der Waals surface area contributed by atoms with Crippen LogP contribution in [0.15, 0.2) is 36.5 Å². The van der Waals surface area contributed by atoms with Crippen molar-refractivity contribution in [2.24, 2.45) is 0 Å². The van der Waals surface area contributed by atoms with E-state index in [4.69, 9.17) is 14.2 Å². The average Bonchev–Trinajstić information content (AvgIpc) is 3.49. The Labute approximate surface area is 518 Å². The van der Waals surface area contributed by atoms with Crippen molar-refractivity contribution < 1.29 is 28.6 Å². The highest BCUT2D eigenvalue weighted by Gasteiger charge is 2.20. The van der Waals surface area contributed by atoms with Crippen molar-refractivity contribution in [2.75, 3.05) is 13.2 Å². The molecule has 0 aromatic carbocycles. The first-order valence-corrected chi connectivity index (χ1v) is 37.5. The molecule has 0 radical (unpaired) electrons. The second kappa shape index (κ2) is 72.1. The summed E-state index contributed by atoms with van der Waals surface area (Å²) >= 11 is 0. The lowest BCUT2D eigenvalue weighted by atomic mass is 10.0. The Morgan fingerprint density at radius 1 is 0.241 bits per heavy atom. The number of carbonyl (C=O) groups is 3. The van der Waals surface area contributed by atoms with Gasteiger partial charge in [-0.15, -0.1) is 0 Å². The standard InChI is InChI=1S/C77H144O6/c1-4-7-10-13-16-19-22-25-27-29-30-31-32-33-34-35-36-37-38-39-40-41-42-43-44-45-46-48-49-52-55-58-61-64-67-70-76(79)82-73-74(72-81-75(78)69-66-63-60-57-54-51-24-21-18-15-12-9-6-3)83-77(80)71-68-65-62-59-56-53-50-47-28-26-23-20-17-14-11-8-5-2/h22,25-26,28-30,74H,4-21,23-24,27,31-73H2,1-3H3/b25-22-,28-26-,30-29-. The molecule has 0 saturated heterocycles. The van der Waals surface area contributed by atoms with Crippen LogP contribution in [0.5, 0.6) is 0 Å². The lowest BCUT2D eigenvalue weighted by Crippen LogP contribution is -2.30. The minimum absolute atomic E-state index is 0.0671. The van der Waals surface area contributed by atoms with Gasteiger partial charge in [0.15, 0.2) is 6.10 Å². The summed E-state index contributed by atoms with van der Waals surface area (Å²) in [4.78, 5) is 38.4. The molecular weight excluding hydrogens is 1020 g/mol. The number of ether oxygens (including phenoxy) is 3. The summed E-state index contributed by atoms with van der Waals surface area (Å²) in [6.07, 6.45) is 90.6. The molecule has 0 aliphatic carbocycles. The number of unbranched alkanes of at least 4 members (excludes halogenated alkanes) is 53. The lowest BCUT2D eigenvalue weighted by Gasteiger charge is -2.18. The van der Waals surface area contributed by atoms with E-state index in [0.29, 0.717) is 19.3 Å². The van der Waals surface area contributed by atoms with Gasteiger partial charge in [0.2, 0.25) is 0 Å². The van der Waals surface area contributed by atoms with Gasteiger partial charge in [0.05, 0.1) is 0 Å². The van der Waals surface area contributed by atoms with Gasteiger partial charge in [0.25, 0.3) is 0 Å². The van der Waals surface area contributed by atoms with E-state index in [1.54, 1.807) is 0 Å². The summed E-state index contributed by atoms with van der Waals surface area (Å²) in [7, 11) is 0. The number of hydrogen-bond donors (Lipinski definition) is 0. The molecular formula is C77H144O6. The Hall–Kier alpha value is -2.37. The quantitative estimate of drug-likeness (QED) is 0.0261. The van der Waals surface area contributed by atoms with Gasteiger partial charge in [-0.1, -0.05) is 359 Å². The van der Waals surface area contributed by atoms with Gasteiger partial charge >= 0.3 is 17.9 Å². The third kappa shape index (κ3) is 70.3. The van der Waals surface area contributed by atoms with Gasteiger partial charge in [0, 0.05) is 19.3 Å². The second-order valence-electron chi connectivity index (χ2n) is 25.6. The molecule has 488 valence electrons. The minimum Gasteiger partial charge on any atom is -0.462 e. The largest absolute Gasteiger partial charge is 0.462 e. The van der Waals surface area contributed by atoms with Crippen molar-refractivity contribution in [3.8, 4) is 0 Å². The van der Waals surface area contributed by atoms with Gasteiger partial charge in [-0.3, -0.25) is 14.4 Å². The van der Waals surface area contributed by atoms with Crippen LogP contribution in [-0.4, -0.2) is 37.2 Å². The van der Waals surface area contributed by atoms with E-state index in [0.717, 1.165) is 64.2 Å². The molecule has 0 amide bonds. The van der Waals surface area contributed by atoms with Crippen LogP contribution in [0.1, 0.15) is 419 Å². The Balaban J connectivity index is 4.07. The molecule has 1 unspecified atom stereocenters. The summed E-state index contributed by atoms with van der Waals surface area (Å²) in [6, 6.07) is 0. The van der Waals surface area contributed by atoms with Gasteiger partial charge in [-0.2, -0.15) is 0 Å². The molecule has 0 aromatic heterocycles. The normalized spacial score (nSPS) is 12.2. The lowest BCUT2D eigenvalue weighted by molar-refractivity contribution is -0.167. The van der Waals surface area contributed by atoms with E-state index >= 15 is 0 Å². The highest BCUT2D eigenvalue weighted by molar-refractivity contribution is 5.71. The summed E-state index contributed by atoms with van der Waals surface area (Å²) in [5, 5.41) is 0. The van der Waals surface area contributed by atoms with Crippen LogP contribution in [0.4, 0.5) is 0 Å². The van der Waals surface area contributed by atoms with Gasteiger partial charge in [-0.05, 0) is 77.0 Å². The molecule has 0 heterocycles. The summed E-state index contributed by atoms with van der Waals surface area (Å²) in [6.45, 7) is 6.69. The molecule has 0 fully saturated rings. The molecule has 6 heteroatoms. The van der Waals surface area contributed by atoms with Gasteiger partial charge in [-0.25, -0.2) is 0 Å². The van der Waals surface area contributed by atoms with E-state index < -0.39 is 6.10 Å². The van der Waals surface area contributed by atoms with Crippen LogP contribution >= 0.6 is 0 Å². The van der Waals surface area contributed by atoms with Crippen LogP contribution in [0.25, 0.3) is 0 Å². The molecule has 1 atom stereocenters. The summed E-state index contributed by atoms with van der Waals surface area (Å²) in [5.41, 5.74) is 0. The monoisotopic (exact) mass is 1170 g/mol. The van der Waals surface area contributed by atoms with Crippen LogP contribution in [-0.2, 0) is 28.6 Å². The maximum atomic E-state index is 12.9. The molecule has 6 nitrogen and oxygen atoms in total. The van der Waals surface area contributed by atoms with Crippen LogP contribution in [0, 0.1) is 0 Å². The molecule has 0 aliphatic rings. The predicted molar refractivity (Wildman–Crippen MR) is 362 cm³/mol. The Kier molecular flexibility index (Phi) is 70.0. The van der Waals surface area contributed by atoms with Crippen molar-refractivity contribution in [3.63, 3.8) is 0 Å². The minimum atomic E-state index is -0.771. The molecule has 0 saturated carbocycles. The van der Waals surface area contributed by atoms with E-state index in [2.05, 4.69) is 57.2 Å². The van der Waals surface area contributed by atoms with Crippen LogP contribution in [0.2, 0.25) is 0 Å². The molecule has 83 heavy (non-hydrogen) atoms. The molecule has 0 spiro atoms. The number of carbonyl (C=O) groups excluding carboxylic acids is 3.